The molecule has 13 heteroatoms. The SMILES string of the molecule is COc1nc(-c2cc(O)cc3cccc(F)c23)c(F)c2nc(OC[C@]34CCC[C@H]3N(C3CCC(C)(O)CC3)CCC4)nc(N3CCOC[C@@](C)(O)C3)c12. The van der Waals surface area contributed by atoms with Crippen LogP contribution in [-0.4, -0.2) is 105 Å². The number of phenolic OH excluding ortho intramolecular Hbond substituents is 1. The minimum Gasteiger partial charge on any atom is -0.508 e. The molecule has 2 aromatic carbocycles. The molecule has 284 valence electrons. The topological polar surface area (TPSA) is 134 Å². The molecule has 4 fully saturated rings. The lowest BCUT2D eigenvalue weighted by Crippen LogP contribution is -2.56. The maximum Gasteiger partial charge on any atom is 0.319 e. The number of ether oxygens (including phenoxy) is 3. The highest BCUT2D eigenvalue weighted by atomic mass is 19.1. The molecule has 2 saturated heterocycles. The third-order valence-electron chi connectivity index (χ3n) is 12.2. The lowest BCUT2D eigenvalue weighted by molar-refractivity contribution is -0.0567. The van der Waals surface area contributed by atoms with E-state index in [1.165, 1.54) is 31.4 Å². The van der Waals surface area contributed by atoms with E-state index in [0.29, 0.717) is 37.2 Å². The molecule has 0 bridgehead atoms. The van der Waals surface area contributed by atoms with Gasteiger partial charge in [-0.15, -0.1) is 0 Å². The van der Waals surface area contributed by atoms with E-state index >= 15 is 8.78 Å². The predicted molar refractivity (Wildman–Crippen MR) is 196 cm³/mol. The number of pyridine rings is 1. The minimum atomic E-state index is -1.24. The number of rotatable bonds is 7. The van der Waals surface area contributed by atoms with Crippen molar-refractivity contribution in [3.05, 3.63) is 42.0 Å². The van der Waals surface area contributed by atoms with Crippen LogP contribution < -0.4 is 14.4 Å². The molecule has 11 nitrogen and oxygen atoms in total. The number of nitrogens with zero attached hydrogens (tertiary/aromatic N) is 5. The number of fused-ring (bicyclic) bond motifs is 3. The third kappa shape index (κ3) is 6.74. The summed E-state index contributed by atoms with van der Waals surface area (Å²) in [5.41, 5.74) is -2.30. The Kier molecular flexibility index (Phi) is 9.36. The second-order valence-electron chi connectivity index (χ2n) is 16.3. The lowest BCUT2D eigenvalue weighted by atomic mass is 9.73. The number of aromatic hydroxyl groups is 1. The van der Waals surface area contributed by atoms with Crippen molar-refractivity contribution in [1.82, 2.24) is 19.9 Å². The normalized spacial score (nSPS) is 29.7. The van der Waals surface area contributed by atoms with Gasteiger partial charge in [0.1, 0.15) is 39.6 Å². The van der Waals surface area contributed by atoms with Gasteiger partial charge >= 0.3 is 6.01 Å². The van der Waals surface area contributed by atoms with Crippen molar-refractivity contribution >= 4 is 27.5 Å². The number of aromatic nitrogens is 3. The van der Waals surface area contributed by atoms with Gasteiger partial charge in [-0.25, -0.2) is 13.8 Å². The van der Waals surface area contributed by atoms with Gasteiger partial charge in [0, 0.05) is 35.0 Å². The van der Waals surface area contributed by atoms with E-state index in [2.05, 4.69) is 14.9 Å². The van der Waals surface area contributed by atoms with Crippen LogP contribution in [0.1, 0.15) is 71.6 Å². The number of aliphatic hydroxyl groups is 2. The summed E-state index contributed by atoms with van der Waals surface area (Å²) in [5.74, 6) is -1.35. The number of hydrogen-bond donors (Lipinski definition) is 3. The Balaban J connectivity index is 1.22. The van der Waals surface area contributed by atoms with Crippen molar-refractivity contribution in [3.63, 3.8) is 0 Å². The Morgan fingerprint density at radius 3 is 2.53 bits per heavy atom. The highest BCUT2D eigenvalue weighted by Gasteiger charge is 2.50. The van der Waals surface area contributed by atoms with Crippen LogP contribution in [0.15, 0.2) is 30.3 Å². The monoisotopic (exact) mass is 733 g/mol. The largest absolute Gasteiger partial charge is 0.508 e. The second-order valence-corrected chi connectivity index (χ2v) is 16.3. The van der Waals surface area contributed by atoms with Gasteiger partial charge in [0.25, 0.3) is 0 Å². The zero-order chi connectivity index (χ0) is 37.1. The molecule has 2 saturated carbocycles. The minimum absolute atomic E-state index is 0.000534. The maximum absolute atomic E-state index is 17.2. The number of likely N-dealkylation sites (tertiary alicyclic amines) is 1. The molecule has 4 aromatic rings. The Morgan fingerprint density at radius 2 is 1.74 bits per heavy atom. The van der Waals surface area contributed by atoms with Gasteiger partial charge in [0.2, 0.25) is 5.88 Å². The standard InChI is InChI=1S/C40H49F2N5O6/c1-38(49)14-10-25(11-15-38)47-16-6-13-40(12-5-9-29(40)47)23-53-37-44-34-31(35(45-37)46-17-18-52-22-39(2,50)21-46)36(51-3)43-33(32(34)42)27-20-26(48)19-24-7-4-8-28(41)30(24)27/h4,7-8,19-20,25,29,48-50H,5-6,9-18,21-23H2,1-3H3/t25?,29-,38?,39+,40-/m1/s1. The number of β-amino-alcohol motifs (C(OH)–C–C–N with tert-alkyl or cyclic N) is 1. The number of piperidine rings is 1. The fraction of sp³-hybridized carbons (Fsp3) is 0.575. The highest BCUT2D eigenvalue weighted by molar-refractivity contribution is 6.02. The average molecular weight is 734 g/mol. The van der Waals surface area contributed by atoms with Gasteiger partial charge < -0.3 is 34.4 Å². The van der Waals surface area contributed by atoms with E-state index < -0.39 is 22.8 Å². The summed E-state index contributed by atoms with van der Waals surface area (Å²) in [6.07, 6.45) is 8.71. The molecule has 2 aliphatic carbocycles. The Morgan fingerprint density at radius 1 is 0.943 bits per heavy atom. The number of phenols is 1. The molecule has 2 aromatic heterocycles. The van der Waals surface area contributed by atoms with E-state index in [0.717, 1.165) is 64.3 Å². The van der Waals surface area contributed by atoms with Crippen LogP contribution in [0.4, 0.5) is 14.6 Å². The van der Waals surface area contributed by atoms with Crippen molar-refractivity contribution in [1.29, 1.82) is 0 Å². The molecule has 53 heavy (non-hydrogen) atoms. The molecule has 3 atom stereocenters. The first-order valence-corrected chi connectivity index (χ1v) is 18.9. The molecule has 8 rings (SSSR count). The summed E-state index contributed by atoms with van der Waals surface area (Å²) in [5, 5.41) is 33.1. The molecule has 3 N–H and O–H groups in total. The van der Waals surface area contributed by atoms with Crippen LogP contribution in [0, 0.1) is 17.0 Å². The van der Waals surface area contributed by atoms with Crippen LogP contribution in [0.5, 0.6) is 17.6 Å². The quantitative estimate of drug-likeness (QED) is 0.203. The number of anilines is 1. The summed E-state index contributed by atoms with van der Waals surface area (Å²) >= 11 is 0. The molecular weight excluding hydrogens is 684 g/mol. The lowest BCUT2D eigenvalue weighted by Gasteiger charge is -2.51. The number of methoxy groups -OCH3 is 1. The first-order valence-electron chi connectivity index (χ1n) is 18.9. The Labute approximate surface area is 307 Å². The molecule has 4 aliphatic rings. The summed E-state index contributed by atoms with van der Waals surface area (Å²) in [6.45, 7) is 5.85. The van der Waals surface area contributed by atoms with E-state index in [1.807, 2.05) is 11.8 Å². The predicted octanol–water partition coefficient (Wildman–Crippen LogP) is 6.13. The van der Waals surface area contributed by atoms with E-state index in [1.54, 1.807) is 13.0 Å². The van der Waals surface area contributed by atoms with Gasteiger partial charge in [-0.05, 0) is 95.3 Å². The van der Waals surface area contributed by atoms with Crippen molar-refractivity contribution in [3.8, 4) is 28.9 Å². The first-order chi connectivity index (χ1) is 25.4. The van der Waals surface area contributed by atoms with Crippen LogP contribution in [0.2, 0.25) is 0 Å². The Bertz CT molecular complexity index is 2020. The van der Waals surface area contributed by atoms with Crippen LogP contribution in [0.3, 0.4) is 0 Å². The van der Waals surface area contributed by atoms with E-state index in [-0.39, 0.29) is 69.6 Å². The maximum atomic E-state index is 17.2. The van der Waals surface area contributed by atoms with Crippen molar-refractivity contribution in [2.75, 3.05) is 51.5 Å². The molecule has 4 heterocycles. The average Bonchev–Trinajstić information content (AvgIpc) is 3.47. The van der Waals surface area contributed by atoms with Crippen LogP contribution in [-0.2, 0) is 4.74 Å². The van der Waals surface area contributed by atoms with E-state index in [9.17, 15) is 15.3 Å². The van der Waals surface area contributed by atoms with Gasteiger partial charge in [-0.1, -0.05) is 18.6 Å². The molecule has 0 amide bonds. The smallest absolute Gasteiger partial charge is 0.319 e. The molecule has 0 unspecified atom stereocenters. The second kappa shape index (κ2) is 13.7. The molecule has 0 radical (unpaired) electrons. The zero-order valence-electron chi connectivity index (χ0n) is 30.7. The van der Waals surface area contributed by atoms with Crippen molar-refractivity contribution < 1.29 is 38.3 Å². The fourth-order valence-corrected chi connectivity index (χ4v) is 9.60. The zero-order valence-corrected chi connectivity index (χ0v) is 30.7. The number of hydrogen-bond acceptors (Lipinski definition) is 11. The molecule has 2 aliphatic heterocycles. The van der Waals surface area contributed by atoms with Gasteiger partial charge in [-0.3, -0.25) is 4.90 Å². The van der Waals surface area contributed by atoms with Crippen molar-refractivity contribution in [2.45, 2.75) is 94.9 Å². The molecular formula is C40H49F2N5O6. The fourth-order valence-electron chi connectivity index (χ4n) is 9.60. The van der Waals surface area contributed by atoms with Crippen molar-refractivity contribution in [2.24, 2.45) is 5.41 Å². The van der Waals surface area contributed by atoms with Crippen LogP contribution in [0.25, 0.3) is 32.9 Å². The summed E-state index contributed by atoms with van der Waals surface area (Å²) in [6, 6.07) is 7.86. The first kappa shape index (κ1) is 36.1. The number of halogens is 2. The highest BCUT2D eigenvalue weighted by Crippen LogP contribution is 2.50. The van der Waals surface area contributed by atoms with Crippen LogP contribution >= 0.6 is 0 Å². The summed E-state index contributed by atoms with van der Waals surface area (Å²) in [7, 11) is 1.40. The Hall–Kier alpha value is -3.91. The summed E-state index contributed by atoms with van der Waals surface area (Å²) < 4.78 is 50.6. The molecule has 0 spiro atoms. The van der Waals surface area contributed by atoms with E-state index in [4.69, 9.17) is 19.2 Å². The van der Waals surface area contributed by atoms with Gasteiger partial charge in [-0.2, -0.15) is 9.97 Å². The van der Waals surface area contributed by atoms with Gasteiger partial charge in [0.05, 0.1) is 39.1 Å². The number of benzene rings is 2. The van der Waals surface area contributed by atoms with Gasteiger partial charge in [0.15, 0.2) is 5.82 Å². The third-order valence-corrected chi connectivity index (χ3v) is 12.2. The summed E-state index contributed by atoms with van der Waals surface area (Å²) in [4.78, 5) is 18.6.